The molecule has 5 nitrogen and oxygen atoms in total. The summed E-state index contributed by atoms with van der Waals surface area (Å²) in [5.74, 6) is 0.803. The highest BCUT2D eigenvalue weighted by molar-refractivity contribution is 8.00. The number of hydrogen-bond acceptors (Lipinski definition) is 4. The maximum absolute atomic E-state index is 12.4. The van der Waals surface area contributed by atoms with Crippen LogP contribution in [0.4, 0.5) is 0 Å². The van der Waals surface area contributed by atoms with E-state index in [1.807, 2.05) is 43.3 Å². The van der Waals surface area contributed by atoms with Crippen molar-refractivity contribution in [2.45, 2.75) is 18.4 Å². The molecule has 0 bridgehead atoms. The molecule has 0 aliphatic heterocycles. The van der Waals surface area contributed by atoms with Gasteiger partial charge in [0.05, 0.1) is 19.4 Å². The van der Waals surface area contributed by atoms with E-state index in [4.69, 9.17) is 16.3 Å². The Morgan fingerprint density at radius 2 is 1.78 bits per heavy atom. The van der Waals surface area contributed by atoms with Crippen LogP contribution in [0.2, 0.25) is 5.02 Å². The second-order valence-electron chi connectivity index (χ2n) is 5.78. The molecule has 7 heteroatoms. The third kappa shape index (κ3) is 7.15. The van der Waals surface area contributed by atoms with E-state index < -0.39 is 0 Å². The van der Waals surface area contributed by atoms with Gasteiger partial charge in [0.1, 0.15) is 5.75 Å². The van der Waals surface area contributed by atoms with Crippen LogP contribution in [0.15, 0.2) is 53.4 Å². The van der Waals surface area contributed by atoms with E-state index in [1.165, 1.54) is 11.8 Å². The van der Waals surface area contributed by atoms with Gasteiger partial charge in [-0.2, -0.15) is 0 Å². The minimum absolute atomic E-state index is 0.0477. The summed E-state index contributed by atoms with van der Waals surface area (Å²) in [5.41, 5.74) is 0.956. The molecule has 2 amide bonds. The van der Waals surface area contributed by atoms with Gasteiger partial charge in [0, 0.05) is 23.0 Å². The predicted octanol–water partition coefficient (Wildman–Crippen LogP) is 3.61. The van der Waals surface area contributed by atoms with Crippen molar-refractivity contribution in [3.8, 4) is 5.75 Å². The van der Waals surface area contributed by atoms with Crippen LogP contribution in [-0.4, -0.2) is 42.7 Å². The third-order valence-corrected chi connectivity index (χ3v) is 5.14. The Labute approximate surface area is 169 Å². The number of benzene rings is 2. The Bertz CT molecular complexity index is 751. The average molecular weight is 407 g/mol. The van der Waals surface area contributed by atoms with Crippen molar-refractivity contribution in [2.75, 3.05) is 26.0 Å². The van der Waals surface area contributed by atoms with Crippen LogP contribution in [0.3, 0.4) is 0 Å². The van der Waals surface area contributed by atoms with Gasteiger partial charge in [-0.3, -0.25) is 9.59 Å². The lowest BCUT2D eigenvalue weighted by atomic mass is 10.2. The van der Waals surface area contributed by atoms with Crippen molar-refractivity contribution in [3.05, 3.63) is 59.1 Å². The predicted molar refractivity (Wildman–Crippen MR) is 109 cm³/mol. The molecule has 144 valence electrons. The summed E-state index contributed by atoms with van der Waals surface area (Å²) in [6.07, 6.45) is 0. The molecular weight excluding hydrogens is 384 g/mol. The van der Waals surface area contributed by atoms with Gasteiger partial charge >= 0.3 is 0 Å². The Kier molecular flexibility index (Phi) is 8.48. The third-order valence-electron chi connectivity index (χ3n) is 3.89. The van der Waals surface area contributed by atoms with Crippen LogP contribution in [0, 0.1) is 0 Å². The Hall–Kier alpha value is -2.18. The van der Waals surface area contributed by atoms with E-state index in [0.29, 0.717) is 18.1 Å². The maximum Gasteiger partial charge on any atom is 0.239 e. The first-order valence-electron chi connectivity index (χ1n) is 8.57. The summed E-state index contributed by atoms with van der Waals surface area (Å²) in [6, 6.07) is 14.8. The molecule has 2 aromatic carbocycles. The van der Waals surface area contributed by atoms with Crippen LogP contribution in [0.25, 0.3) is 0 Å². The number of rotatable bonds is 9. The summed E-state index contributed by atoms with van der Waals surface area (Å²) in [5, 5.41) is 3.48. The van der Waals surface area contributed by atoms with Gasteiger partial charge in [-0.25, -0.2) is 0 Å². The number of nitrogens with one attached hydrogen (secondary N) is 1. The Morgan fingerprint density at radius 3 is 2.37 bits per heavy atom. The molecular formula is C20H23ClN2O3S. The smallest absolute Gasteiger partial charge is 0.239 e. The van der Waals surface area contributed by atoms with Gasteiger partial charge in [0.25, 0.3) is 0 Å². The summed E-state index contributed by atoms with van der Waals surface area (Å²) >= 11 is 7.29. The zero-order valence-electron chi connectivity index (χ0n) is 15.4. The fraction of sp³-hybridized carbons (Fsp3) is 0.300. The monoisotopic (exact) mass is 406 g/mol. The highest BCUT2D eigenvalue weighted by Crippen LogP contribution is 2.21. The number of halogens is 1. The first kappa shape index (κ1) is 21.1. The molecule has 27 heavy (non-hydrogen) atoms. The first-order chi connectivity index (χ1) is 13.0. The van der Waals surface area contributed by atoms with Gasteiger partial charge in [-0.05, 0) is 48.9 Å². The van der Waals surface area contributed by atoms with Crippen molar-refractivity contribution < 1.29 is 14.3 Å². The molecule has 0 aliphatic rings. The van der Waals surface area contributed by atoms with E-state index in [-0.39, 0.29) is 24.1 Å². The number of ether oxygens (including phenoxy) is 1. The molecule has 0 heterocycles. The van der Waals surface area contributed by atoms with Crippen molar-refractivity contribution in [3.63, 3.8) is 0 Å². The molecule has 1 N–H and O–H groups in total. The quantitative estimate of drug-likeness (QED) is 0.646. The SMILES string of the molecule is CCN(CC(=O)NCc1ccc(Cl)cc1)C(=O)CSc1ccc(OC)cc1. The van der Waals surface area contributed by atoms with E-state index in [9.17, 15) is 9.59 Å². The molecule has 0 atom stereocenters. The van der Waals surface area contributed by atoms with Gasteiger partial charge in [-0.15, -0.1) is 11.8 Å². The molecule has 0 radical (unpaired) electrons. The van der Waals surface area contributed by atoms with Gasteiger partial charge in [0.2, 0.25) is 11.8 Å². The van der Waals surface area contributed by atoms with Crippen molar-refractivity contribution in [1.29, 1.82) is 0 Å². The van der Waals surface area contributed by atoms with Crippen LogP contribution in [0.1, 0.15) is 12.5 Å². The summed E-state index contributed by atoms with van der Waals surface area (Å²) < 4.78 is 5.12. The number of carbonyl (C=O) groups is 2. The highest BCUT2D eigenvalue weighted by Gasteiger charge is 2.15. The maximum atomic E-state index is 12.4. The summed E-state index contributed by atoms with van der Waals surface area (Å²) in [4.78, 5) is 27.1. The molecule has 0 unspecified atom stereocenters. The van der Waals surface area contributed by atoms with E-state index in [2.05, 4.69) is 5.32 Å². The van der Waals surface area contributed by atoms with E-state index in [1.54, 1.807) is 24.1 Å². The topological polar surface area (TPSA) is 58.6 Å². The second kappa shape index (κ2) is 10.8. The number of hydrogen-bond donors (Lipinski definition) is 1. The van der Waals surface area contributed by atoms with E-state index >= 15 is 0 Å². The molecule has 0 fully saturated rings. The lowest BCUT2D eigenvalue weighted by Gasteiger charge is -2.20. The molecule has 2 aromatic rings. The minimum Gasteiger partial charge on any atom is -0.497 e. The van der Waals surface area contributed by atoms with Crippen LogP contribution in [0.5, 0.6) is 5.75 Å². The zero-order valence-corrected chi connectivity index (χ0v) is 17.0. The standard InChI is InChI=1S/C20H23ClN2O3S/c1-3-23(13-19(24)22-12-15-4-6-16(21)7-5-15)20(25)14-27-18-10-8-17(26-2)9-11-18/h4-11H,3,12-14H2,1-2H3,(H,22,24). The number of amides is 2. The summed E-state index contributed by atoms with van der Waals surface area (Å²) in [6.45, 7) is 2.80. The lowest BCUT2D eigenvalue weighted by Crippen LogP contribution is -2.41. The van der Waals surface area contributed by atoms with Gasteiger partial charge in [-0.1, -0.05) is 23.7 Å². The molecule has 0 saturated heterocycles. The Morgan fingerprint density at radius 1 is 1.11 bits per heavy atom. The molecule has 0 saturated carbocycles. The molecule has 0 aromatic heterocycles. The number of methoxy groups -OCH3 is 1. The largest absolute Gasteiger partial charge is 0.497 e. The minimum atomic E-state index is -0.186. The number of carbonyl (C=O) groups excluding carboxylic acids is 2. The lowest BCUT2D eigenvalue weighted by molar-refractivity contribution is -0.133. The normalized spacial score (nSPS) is 10.3. The van der Waals surface area contributed by atoms with E-state index in [0.717, 1.165) is 16.2 Å². The number of nitrogens with zero attached hydrogens (tertiary/aromatic N) is 1. The fourth-order valence-corrected chi connectivity index (χ4v) is 3.24. The van der Waals surface area contributed by atoms with Crippen molar-refractivity contribution >= 4 is 35.2 Å². The number of thioether (sulfide) groups is 1. The fourth-order valence-electron chi connectivity index (χ4n) is 2.32. The molecule has 0 aliphatic carbocycles. The van der Waals surface area contributed by atoms with Crippen molar-refractivity contribution in [2.24, 2.45) is 0 Å². The Balaban J connectivity index is 1.78. The van der Waals surface area contributed by atoms with Crippen LogP contribution in [-0.2, 0) is 16.1 Å². The van der Waals surface area contributed by atoms with Crippen LogP contribution >= 0.6 is 23.4 Å². The van der Waals surface area contributed by atoms with Crippen LogP contribution < -0.4 is 10.1 Å². The highest BCUT2D eigenvalue weighted by atomic mass is 35.5. The molecule has 2 rings (SSSR count). The number of likely N-dealkylation sites (N-methyl/N-ethyl adjacent to an activating group) is 1. The van der Waals surface area contributed by atoms with Gasteiger partial charge < -0.3 is 15.0 Å². The second-order valence-corrected chi connectivity index (χ2v) is 7.26. The average Bonchev–Trinajstić information content (AvgIpc) is 2.70. The first-order valence-corrected chi connectivity index (χ1v) is 9.94. The van der Waals surface area contributed by atoms with Gasteiger partial charge in [0.15, 0.2) is 0 Å². The van der Waals surface area contributed by atoms with Crippen molar-refractivity contribution in [1.82, 2.24) is 10.2 Å². The molecule has 0 spiro atoms. The summed E-state index contributed by atoms with van der Waals surface area (Å²) in [7, 11) is 1.61. The zero-order chi connectivity index (χ0) is 19.6.